The van der Waals surface area contributed by atoms with Crippen LogP contribution in [0.1, 0.15) is 44.2 Å². The van der Waals surface area contributed by atoms with Gasteiger partial charge in [-0.25, -0.2) is 14.2 Å². The molecular weight excluding hydrogens is 515 g/mol. The van der Waals surface area contributed by atoms with Gasteiger partial charge in [-0.2, -0.15) is 17.0 Å². The van der Waals surface area contributed by atoms with E-state index in [9.17, 15) is 17.6 Å². The second-order valence-corrected chi connectivity index (χ2v) is 12.2. The van der Waals surface area contributed by atoms with Crippen LogP contribution in [0.4, 0.5) is 9.18 Å². The molecule has 2 atom stereocenters. The van der Waals surface area contributed by atoms with Crippen molar-refractivity contribution in [3.05, 3.63) is 59.5 Å². The molecule has 0 unspecified atom stereocenters. The standard InChI is InChI=1S/C26H35FN4O6S/c1-26(2,3)37-25(32)29-16-19-8-9-28-24(14-19)36-18-21-15-20(22-6-4-5-7-23(22)27)17-31(21)38(33,34)30-10-12-35-13-11-30/h4-9,14,20-21H,10-13,15-18H2,1-3H3,(H,29,32)/t20-,21-/m1/s1. The molecule has 2 fully saturated rings. The van der Waals surface area contributed by atoms with Gasteiger partial charge in [0.2, 0.25) is 5.88 Å². The highest BCUT2D eigenvalue weighted by Gasteiger charge is 2.44. The number of hydrogen-bond donors (Lipinski definition) is 1. The number of carbonyl (C=O) groups is 1. The zero-order valence-electron chi connectivity index (χ0n) is 21.9. The van der Waals surface area contributed by atoms with E-state index in [0.717, 1.165) is 5.56 Å². The smallest absolute Gasteiger partial charge is 0.407 e. The number of aromatic nitrogens is 1. The fourth-order valence-corrected chi connectivity index (χ4v) is 6.39. The average molecular weight is 551 g/mol. The van der Waals surface area contributed by atoms with Crippen LogP contribution in [0.5, 0.6) is 5.88 Å². The predicted molar refractivity (Wildman–Crippen MR) is 138 cm³/mol. The molecule has 0 aliphatic carbocycles. The molecule has 3 heterocycles. The van der Waals surface area contributed by atoms with Gasteiger partial charge in [-0.1, -0.05) is 18.2 Å². The molecule has 2 aliphatic rings. The summed E-state index contributed by atoms with van der Waals surface area (Å²) in [6.45, 7) is 6.97. The van der Waals surface area contributed by atoms with E-state index in [0.29, 0.717) is 31.1 Å². The summed E-state index contributed by atoms with van der Waals surface area (Å²) in [6.07, 6.45) is 1.43. The zero-order valence-corrected chi connectivity index (χ0v) is 22.7. The molecular formula is C26H35FN4O6S. The molecule has 10 nitrogen and oxygen atoms in total. The second-order valence-electron chi connectivity index (χ2n) is 10.4. The highest BCUT2D eigenvalue weighted by atomic mass is 32.2. The molecule has 2 aliphatic heterocycles. The lowest BCUT2D eigenvalue weighted by Gasteiger charge is -2.32. The van der Waals surface area contributed by atoms with Gasteiger partial charge in [0.15, 0.2) is 0 Å². The largest absolute Gasteiger partial charge is 0.476 e. The number of alkyl carbamates (subject to hydrolysis) is 1. The number of nitrogens with one attached hydrogen (secondary N) is 1. The van der Waals surface area contributed by atoms with Crippen LogP contribution in [0, 0.1) is 5.82 Å². The lowest BCUT2D eigenvalue weighted by Crippen LogP contribution is -2.51. The first-order valence-corrected chi connectivity index (χ1v) is 14.1. The Hall–Kier alpha value is -2.80. The molecule has 2 saturated heterocycles. The monoisotopic (exact) mass is 550 g/mol. The molecule has 0 radical (unpaired) electrons. The van der Waals surface area contributed by atoms with Crippen LogP contribution >= 0.6 is 0 Å². The summed E-state index contributed by atoms with van der Waals surface area (Å²) in [4.78, 5) is 16.2. The molecule has 1 aromatic heterocycles. The Bertz CT molecular complexity index is 1220. The van der Waals surface area contributed by atoms with Gasteiger partial charge < -0.3 is 19.5 Å². The Morgan fingerprint density at radius 2 is 1.95 bits per heavy atom. The number of benzene rings is 1. The van der Waals surface area contributed by atoms with Gasteiger partial charge in [0.1, 0.15) is 18.0 Å². The van der Waals surface area contributed by atoms with Crippen molar-refractivity contribution in [3.63, 3.8) is 0 Å². The summed E-state index contributed by atoms with van der Waals surface area (Å²) in [6, 6.07) is 9.37. The van der Waals surface area contributed by atoms with Crippen molar-refractivity contribution < 1.29 is 31.8 Å². The first-order chi connectivity index (χ1) is 18.0. The third kappa shape index (κ3) is 7.19. The van der Waals surface area contributed by atoms with Gasteiger partial charge >= 0.3 is 6.09 Å². The van der Waals surface area contributed by atoms with Crippen LogP contribution in [0.25, 0.3) is 0 Å². The van der Waals surface area contributed by atoms with E-state index in [1.807, 2.05) is 0 Å². The van der Waals surface area contributed by atoms with Crippen molar-refractivity contribution in [1.29, 1.82) is 0 Å². The number of pyridine rings is 1. The molecule has 12 heteroatoms. The average Bonchev–Trinajstić information content (AvgIpc) is 3.31. The van der Waals surface area contributed by atoms with E-state index in [-0.39, 0.29) is 44.5 Å². The number of ether oxygens (including phenoxy) is 3. The minimum atomic E-state index is -3.81. The van der Waals surface area contributed by atoms with Gasteiger partial charge in [0.25, 0.3) is 10.2 Å². The van der Waals surface area contributed by atoms with Crippen molar-refractivity contribution in [2.45, 2.75) is 51.3 Å². The summed E-state index contributed by atoms with van der Waals surface area (Å²) >= 11 is 0. The SMILES string of the molecule is CC(C)(C)OC(=O)NCc1ccnc(OC[C@H]2C[C@@H](c3ccccc3F)CN2S(=O)(=O)N2CCOCC2)c1. The third-order valence-corrected chi connectivity index (χ3v) is 8.42. The first-order valence-electron chi connectivity index (χ1n) is 12.7. The van der Waals surface area contributed by atoms with Crippen LogP contribution in [-0.2, 0) is 26.2 Å². The van der Waals surface area contributed by atoms with Gasteiger partial charge in [0, 0.05) is 44.4 Å². The lowest BCUT2D eigenvalue weighted by atomic mass is 9.96. The topological polar surface area (TPSA) is 110 Å². The molecule has 2 aromatic rings. The predicted octanol–water partition coefficient (Wildman–Crippen LogP) is 3.06. The molecule has 0 spiro atoms. The molecule has 1 N–H and O–H groups in total. The Labute approximate surface area is 223 Å². The Kier molecular flexibility index (Phi) is 8.86. The first kappa shape index (κ1) is 28.2. The molecule has 0 bridgehead atoms. The number of amides is 1. The van der Waals surface area contributed by atoms with Gasteiger partial charge in [-0.3, -0.25) is 0 Å². The fraction of sp³-hybridized carbons (Fsp3) is 0.538. The number of morpholine rings is 1. The summed E-state index contributed by atoms with van der Waals surface area (Å²) in [7, 11) is -3.81. The van der Waals surface area contributed by atoms with Crippen molar-refractivity contribution in [1.82, 2.24) is 18.9 Å². The Morgan fingerprint density at radius 1 is 1.21 bits per heavy atom. The van der Waals surface area contributed by atoms with Crippen molar-refractivity contribution in [2.24, 2.45) is 0 Å². The minimum absolute atomic E-state index is 0.0461. The molecule has 38 heavy (non-hydrogen) atoms. The lowest BCUT2D eigenvalue weighted by molar-refractivity contribution is 0.0523. The number of carbonyl (C=O) groups excluding carboxylic acids is 1. The van der Waals surface area contributed by atoms with Crippen LogP contribution < -0.4 is 10.1 Å². The number of nitrogens with zero attached hydrogens (tertiary/aromatic N) is 3. The maximum atomic E-state index is 14.6. The summed E-state index contributed by atoms with van der Waals surface area (Å²) in [5, 5.41) is 2.69. The summed E-state index contributed by atoms with van der Waals surface area (Å²) < 4.78 is 61.1. The minimum Gasteiger partial charge on any atom is -0.476 e. The van der Waals surface area contributed by atoms with Crippen LogP contribution in [0.2, 0.25) is 0 Å². The number of hydrogen-bond acceptors (Lipinski definition) is 7. The molecule has 0 saturated carbocycles. The summed E-state index contributed by atoms with van der Waals surface area (Å²) in [5.74, 6) is -0.362. The number of rotatable bonds is 8. The highest BCUT2D eigenvalue weighted by molar-refractivity contribution is 7.86. The fourth-order valence-electron chi connectivity index (χ4n) is 4.59. The quantitative estimate of drug-likeness (QED) is 0.538. The normalized spacial score (nSPS) is 21.3. The van der Waals surface area contributed by atoms with Crippen molar-refractivity contribution in [2.75, 3.05) is 39.5 Å². The summed E-state index contributed by atoms with van der Waals surface area (Å²) in [5.41, 5.74) is 0.631. The van der Waals surface area contributed by atoms with Gasteiger partial charge in [-0.15, -0.1) is 0 Å². The maximum Gasteiger partial charge on any atom is 0.407 e. The maximum absolute atomic E-state index is 14.6. The van der Waals surface area contributed by atoms with E-state index < -0.39 is 27.9 Å². The van der Waals surface area contributed by atoms with E-state index in [1.54, 1.807) is 57.3 Å². The van der Waals surface area contributed by atoms with E-state index in [4.69, 9.17) is 14.2 Å². The molecule has 1 aromatic carbocycles. The Balaban J connectivity index is 1.46. The van der Waals surface area contributed by atoms with Crippen molar-refractivity contribution in [3.8, 4) is 5.88 Å². The van der Waals surface area contributed by atoms with Gasteiger partial charge in [-0.05, 0) is 50.5 Å². The highest BCUT2D eigenvalue weighted by Crippen LogP contribution is 2.36. The third-order valence-electron chi connectivity index (χ3n) is 6.36. The van der Waals surface area contributed by atoms with Gasteiger partial charge in [0.05, 0.1) is 19.3 Å². The van der Waals surface area contributed by atoms with Crippen LogP contribution in [-0.4, -0.2) is 79.2 Å². The van der Waals surface area contributed by atoms with Crippen LogP contribution in [0.3, 0.4) is 0 Å². The molecule has 4 rings (SSSR count). The number of halogens is 1. The van der Waals surface area contributed by atoms with E-state index in [1.165, 1.54) is 14.7 Å². The van der Waals surface area contributed by atoms with E-state index in [2.05, 4.69) is 10.3 Å². The molecule has 208 valence electrons. The second kappa shape index (κ2) is 11.9. The zero-order chi connectivity index (χ0) is 27.3. The van der Waals surface area contributed by atoms with Crippen molar-refractivity contribution >= 4 is 16.3 Å². The van der Waals surface area contributed by atoms with Crippen LogP contribution in [0.15, 0.2) is 42.6 Å². The molecule has 1 amide bonds. The Morgan fingerprint density at radius 3 is 2.66 bits per heavy atom. The van der Waals surface area contributed by atoms with E-state index >= 15 is 0 Å².